The van der Waals surface area contributed by atoms with Crippen molar-refractivity contribution in [3.63, 3.8) is 0 Å². The molecular weight excluding hydrogens is 354 g/mol. The van der Waals surface area contributed by atoms with Crippen molar-refractivity contribution in [1.82, 2.24) is 0 Å². The summed E-state index contributed by atoms with van der Waals surface area (Å²) in [5.41, 5.74) is 2.42. The van der Waals surface area contributed by atoms with Gasteiger partial charge in [-0.15, -0.1) is 0 Å². The normalized spacial score (nSPS) is 14.5. The highest BCUT2D eigenvalue weighted by Gasteiger charge is 2.30. The van der Waals surface area contributed by atoms with Gasteiger partial charge in [-0.1, -0.05) is 54.6 Å². The van der Waals surface area contributed by atoms with Crippen LogP contribution in [0.25, 0.3) is 6.08 Å². The molecule has 0 spiro atoms. The molecule has 3 aromatic carbocycles. The van der Waals surface area contributed by atoms with Gasteiger partial charge in [-0.2, -0.15) is 0 Å². The quantitative estimate of drug-likeness (QED) is 0.693. The van der Waals surface area contributed by atoms with Gasteiger partial charge in [0.15, 0.2) is 11.5 Å². The molecule has 1 aliphatic heterocycles. The fourth-order valence-electron chi connectivity index (χ4n) is 3.11. The SMILES string of the molecule is O=C(O)c1cccc(CN2C(=O)/C(=C\c3ccccc3)Oc3ccccc32)c1. The van der Waals surface area contributed by atoms with Crippen molar-refractivity contribution in [2.45, 2.75) is 6.54 Å². The van der Waals surface area contributed by atoms with Gasteiger partial charge in [-0.05, 0) is 41.5 Å². The summed E-state index contributed by atoms with van der Waals surface area (Å²) < 4.78 is 5.85. The highest BCUT2D eigenvalue weighted by atomic mass is 16.5. The highest BCUT2D eigenvalue weighted by Crippen LogP contribution is 2.36. The van der Waals surface area contributed by atoms with E-state index in [1.165, 1.54) is 6.07 Å². The highest BCUT2D eigenvalue weighted by molar-refractivity contribution is 6.09. The number of rotatable bonds is 4. The van der Waals surface area contributed by atoms with Crippen LogP contribution in [0.2, 0.25) is 0 Å². The second-order valence-electron chi connectivity index (χ2n) is 6.39. The van der Waals surface area contributed by atoms with Crippen molar-refractivity contribution in [3.05, 3.63) is 101 Å². The summed E-state index contributed by atoms with van der Waals surface area (Å²) >= 11 is 0. The molecule has 0 saturated carbocycles. The largest absolute Gasteiger partial charge is 0.478 e. The van der Waals surface area contributed by atoms with Crippen LogP contribution in [0.15, 0.2) is 84.6 Å². The van der Waals surface area contributed by atoms with Crippen LogP contribution < -0.4 is 9.64 Å². The van der Waals surface area contributed by atoms with Crippen LogP contribution in [0, 0.1) is 0 Å². The third kappa shape index (κ3) is 3.50. The molecular formula is C23H17NO4. The molecule has 1 amide bonds. The van der Waals surface area contributed by atoms with Gasteiger partial charge in [-0.3, -0.25) is 9.69 Å². The minimum absolute atomic E-state index is 0.187. The average molecular weight is 371 g/mol. The zero-order valence-electron chi connectivity index (χ0n) is 14.9. The second-order valence-corrected chi connectivity index (χ2v) is 6.39. The van der Waals surface area contributed by atoms with E-state index in [1.54, 1.807) is 35.2 Å². The van der Waals surface area contributed by atoms with E-state index in [9.17, 15) is 14.7 Å². The maximum absolute atomic E-state index is 13.1. The predicted octanol–water partition coefficient (Wildman–Crippen LogP) is 4.35. The Labute approximate surface area is 162 Å². The Kier molecular flexibility index (Phi) is 4.64. The average Bonchev–Trinajstić information content (AvgIpc) is 2.72. The molecule has 0 saturated heterocycles. The van der Waals surface area contributed by atoms with E-state index in [-0.39, 0.29) is 23.8 Å². The van der Waals surface area contributed by atoms with E-state index >= 15 is 0 Å². The number of para-hydroxylation sites is 2. The third-order valence-electron chi connectivity index (χ3n) is 4.44. The van der Waals surface area contributed by atoms with E-state index in [4.69, 9.17) is 4.74 Å². The summed E-state index contributed by atoms with van der Waals surface area (Å²) in [6.07, 6.45) is 1.71. The molecule has 28 heavy (non-hydrogen) atoms. The Bertz CT molecular complexity index is 1070. The molecule has 0 fully saturated rings. The van der Waals surface area contributed by atoms with E-state index in [0.717, 1.165) is 11.1 Å². The summed E-state index contributed by atoms with van der Waals surface area (Å²) in [6.45, 7) is 0.243. The number of carboxylic acids is 1. The van der Waals surface area contributed by atoms with Gasteiger partial charge >= 0.3 is 5.97 Å². The van der Waals surface area contributed by atoms with E-state index in [0.29, 0.717) is 11.4 Å². The number of carbonyl (C=O) groups is 2. The summed E-state index contributed by atoms with van der Waals surface area (Å²) in [6, 6.07) is 23.4. The third-order valence-corrected chi connectivity index (χ3v) is 4.44. The first-order valence-electron chi connectivity index (χ1n) is 8.79. The molecule has 0 aromatic heterocycles. The van der Waals surface area contributed by atoms with Gasteiger partial charge in [0, 0.05) is 0 Å². The number of hydrogen-bond donors (Lipinski definition) is 1. The number of anilines is 1. The van der Waals surface area contributed by atoms with E-state index < -0.39 is 5.97 Å². The molecule has 3 aromatic rings. The first-order valence-corrected chi connectivity index (χ1v) is 8.79. The summed E-state index contributed by atoms with van der Waals surface area (Å²) in [4.78, 5) is 26.0. The molecule has 0 aliphatic carbocycles. The fraction of sp³-hybridized carbons (Fsp3) is 0.0435. The Balaban J connectivity index is 1.72. The fourth-order valence-corrected chi connectivity index (χ4v) is 3.11. The first-order chi connectivity index (χ1) is 13.6. The molecule has 138 valence electrons. The number of nitrogens with zero attached hydrogens (tertiary/aromatic N) is 1. The van der Waals surface area contributed by atoms with Crippen molar-refractivity contribution >= 4 is 23.6 Å². The lowest BCUT2D eigenvalue weighted by molar-refractivity contribution is -0.117. The van der Waals surface area contributed by atoms with Crippen molar-refractivity contribution in [3.8, 4) is 5.75 Å². The van der Waals surface area contributed by atoms with Crippen LogP contribution in [0.3, 0.4) is 0 Å². The smallest absolute Gasteiger partial charge is 0.335 e. The number of ether oxygens (including phenoxy) is 1. The number of carboxylic acid groups (broad SMARTS) is 1. The molecule has 0 unspecified atom stereocenters. The Hall–Kier alpha value is -3.86. The van der Waals surface area contributed by atoms with Gasteiger partial charge in [0.05, 0.1) is 17.8 Å². The number of amides is 1. The molecule has 1 aliphatic rings. The monoisotopic (exact) mass is 371 g/mol. The molecule has 1 N–H and O–H groups in total. The van der Waals surface area contributed by atoms with Gasteiger partial charge in [0.2, 0.25) is 0 Å². The number of hydrogen-bond acceptors (Lipinski definition) is 3. The van der Waals surface area contributed by atoms with Gasteiger partial charge in [-0.25, -0.2) is 4.79 Å². The summed E-state index contributed by atoms with van der Waals surface area (Å²) in [5.74, 6) is -0.471. The zero-order valence-corrected chi connectivity index (χ0v) is 14.9. The molecule has 0 bridgehead atoms. The van der Waals surface area contributed by atoms with Gasteiger partial charge in [0.25, 0.3) is 5.91 Å². The molecule has 5 heteroatoms. The number of aromatic carboxylic acids is 1. The van der Waals surface area contributed by atoms with E-state index in [1.807, 2.05) is 48.5 Å². The standard InChI is InChI=1S/C23H17NO4/c25-22-21(14-16-7-2-1-3-8-16)28-20-12-5-4-11-19(20)24(22)15-17-9-6-10-18(13-17)23(26)27/h1-14H,15H2,(H,26,27)/b21-14+. The molecule has 1 heterocycles. The van der Waals surface area contributed by atoms with Crippen molar-refractivity contribution in [1.29, 1.82) is 0 Å². The molecule has 5 nitrogen and oxygen atoms in total. The number of fused-ring (bicyclic) bond motifs is 1. The van der Waals surface area contributed by atoms with Crippen LogP contribution in [0.1, 0.15) is 21.5 Å². The van der Waals surface area contributed by atoms with Gasteiger partial charge < -0.3 is 9.84 Å². The van der Waals surface area contributed by atoms with Crippen LogP contribution in [0.5, 0.6) is 5.75 Å². The Morgan fingerprint density at radius 3 is 2.50 bits per heavy atom. The lowest BCUT2D eigenvalue weighted by Crippen LogP contribution is -2.36. The Morgan fingerprint density at radius 1 is 0.964 bits per heavy atom. The van der Waals surface area contributed by atoms with Crippen LogP contribution in [0.4, 0.5) is 5.69 Å². The van der Waals surface area contributed by atoms with Crippen LogP contribution in [-0.4, -0.2) is 17.0 Å². The van der Waals surface area contributed by atoms with Gasteiger partial charge in [0.1, 0.15) is 0 Å². The number of carbonyl (C=O) groups excluding carboxylic acids is 1. The topological polar surface area (TPSA) is 66.8 Å². The van der Waals surface area contributed by atoms with Crippen molar-refractivity contribution < 1.29 is 19.4 Å². The zero-order chi connectivity index (χ0) is 19.5. The molecule has 4 rings (SSSR count). The lowest BCUT2D eigenvalue weighted by atomic mass is 10.1. The predicted molar refractivity (Wildman–Crippen MR) is 106 cm³/mol. The first kappa shape index (κ1) is 17.5. The molecule has 0 atom stereocenters. The van der Waals surface area contributed by atoms with E-state index in [2.05, 4.69) is 0 Å². The number of benzene rings is 3. The Morgan fingerprint density at radius 2 is 1.71 bits per heavy atom. The maximum Gasteiger partial charge on any atom is 0.335 e. The minimum atomic E-state index is -1.000. The second kappa shape index (κ2) is 7.40. The van der Waals surface area contributed by atoms with Crippen molar-refractivity contribution in [2.75, 3.05) is 4.90 Å². The minimum Gasteiger partial charge on any atom is -0.478 e. The summed E-state index contributed by atoms with van der Waals surface area (Å²) in [5, 5.41) is 9.22. The maximum atomic E-state index is 13.1. The lowest BCUT2D eigenvalue weighted by Gasteiger charge is -2.30. The summed E-state index contributed by atoms with van der Waals surface area (Å²) in [7, 11) is 0. The molecule has 0 radical (unpaired) electrons. The van der Waals surface area contributed by atoms with Crippen molar-refractivity contribution in [2.24, 2.45) is 0 Å². The van der Waals surface area contributed by atoms with Crippen LogP contribution in [-0.2, 0) is 11.3 Å². The van der Waals surface area contributed by atoms with Crippen LogP contribution >= 0.6 is 0 Å².